The third-order valence-electron chi connectivity index (χ3n) is 1.98. The molecule has 4 N–H and O–H groups in total. The predicted octanol–water partition coefficient (Wildman–Crippen LogP) is 0.666. The number of pyridine rings is 1. The van der Waals surface area contributed by atoms with Crippen LogP contribution in [0.5, 0.6) is 5.75 Å². The lowest BCUT2D eigenvalue weighted by atomic mass is 10.1. The molecule has 2 rings (SSSR count). The molecule has 4 heteroatoms. The number of hydrogen-bond acceptors (Lipinski definition) is 3. The zero-order valence-electron chi connectivity index (χ0n) is 7.85. The first-order valence-electron chi connectivity index (χ1n) is 4.30. The average molecular weight is 180 g/mol. The van der Waals surface area contributed by atoms with Gasteiger partial charge in [-0.15, -0.1) is 0 Å². The standard InChI is InChI=1S/C9H13N3O/c1-9(2)5-13-6-3-4-7(10)11-8(6)12-9/h3-4H,5H2,1-2H3,(H3,10,11,12)/p+1. The summed E-state index contributed by atoms with van der Waals surface area (Å²) in [5.41, 5.74) is 5.57. The second kappa shape index (κ2) is 2.52. The van der Waals surface area contributed by atoms with E-state index in [1.54, 1.807) is 6.07 Å². The average Bonchev–Trinajstić information content (AvgIpc) is 2.01. The second-order valence-corrected chi connectivity index (χ2v) is 3.95. The number of H-pyrrole nitrogens is 1. The second-order valence-electron chi connectivity index (χ2n) is 3.95. The number of nitrogens with one attached hydrogen (secondary N) is 2. The number of nitrogens with two attached hydrogens (primary N) is 1. The Morgan fingerprint density at radius 2 is 2.31 bits per heavy atom. The molecule has 70 valence electrons. The van der Waals surface area contributed by atoms with E-state index in [0.29, 0.717) is 12.4 Å². The lowest BCUT2D eigenvalue weighted by molar-refractivity contribution is -0.346. The topological polar surface area (TPSA) is 61.4 Å². The highest BCUT2D eigenvalue weighted by molar-refractivity contribution is 5.51. The maximum absolute atomic E-state index is 5.62. The summed E-state index contributed by atoms with van der Waals surface area (Å²) in [6, 6.07) is 3.66. The first kappa shape index (κ1) is 8.16. The maximum atomic E-state index is 5.62. The summed E-state index contributed by atoms with van der Waals surface area (Å²) < 4.78 is 5.54. The van der Waals surface area contributed by atoms with Crippen molar-refractivity contribution in [3.05, 3.63) is 12.1 Å². The number of hydrogen-bond donors (Lipinski definition) is 2. The normalized spacial score (nSPS) is 18.3. The van der Waals surface area contributed by atoms with Gasteiger partial charge in [-0.3, -0.25) is 5.32 Å². The Morgan fingerprint density at radius 3 is 3.08 bits per heavy atom. The Hall–Kier alpha value is -1.45. The molecule has 0 atom stereocenters. The van der Waals surface area contributed by atoms with Gasteiger partial charge in [0.2, 0.25) is 5.82 Å². The summed E-state index contributed by atoms with van der Waals surface area (Å²) in [6.07, 6.45) is 0. The predicted molar refractivity (Wildman–Crippen MR) is 50.6 cm³/mol. The summed E-state index contributed by atoms with van der Waals surface area (Å²) >= 11 is 0. The molecule has 1 aliphatic rings. The fourth-order valence-corrected chi connectivity index (χ4v) is 1.34. The van der Waals surface area contributed by atoms with Gasteiger partial charge >= 0.3 is 0 Å². The highest BCUT2D eigenvalue weighted by Crippen LogP contribution is 2.28. The van der Waals surface area contributed by atoms with E-state index in [1.165, 1.54) is 0 Å². The minimum atomic E-state index is -0.0444. The first-order valence-corrected chi connectivity index (χ1v) is 4.30. The Labute approximate surface area is 77.1 Å². The van der Waals surface area contributed by atoms with Crippen LogP contribution in [0.15, 0.2) is 12.1 Å². The monoisotopic (exact) mass is 180 g/mol. The molecule has 4 nitrogen and oxygen atoms in total. The largest absolute Gasteiger partial charge is 0.483 e. The van der Waals surface area contributed by atoms with Crippen LogP contribution in [-0.2, 0) is 0 Å². The number of nitrogen functional groups attached to an aromatic ring is 1. The summed E-state index contributed by atoms with van der Waals surface area (Å²) in [6.45, 7) is 4.82. The molecule has 0 unspecified atom stereocenters. The third-order valence-corrected chi connectivity index (χ3v) is 1.98. The van der Waals surface area contributed by atoms with Gasteiger partial charge in [-0.2, -0.15) is 0 Å². The van der Waals surface area contributed by atoms with Crippen molar-refractivity contribution in [1.29, 1.82) is 0 Å². The Balaban J connectivity index is 2.38. The summed E-state index contributed by atoms with van der Waals surface area (Å²) in [4.78, 5) is 3.03. The van der Waals surface area contributed by atoms with Crippen LogP contribution in [0.4, 0.5) is 11.6 Å². The highest BCUT2D eigenvalue weighted by Gasteiger charge is 2.30. The van der Waals surface area contributed by atoms with Crippen molar-refractivity contribution in [3.63, 3.8) is 0 Å². The summed E-state index contributed by atoms with van der Waals surface area (Å²) in [7, 11) is 0. The molecule has 0 amide bonds. The number of aromatic amines is 1. The van der Waals surface area contributed by atoms with Crippen molar-refractivity contribution in [2.75, 3.05) is 17.7 Å². The van der Waals surface area contributed by atoms with Crippen molar-refractivity contribution >= 4 is 11.6 Å². The van der Waals surface area contributed by atoms with Gasteiger partial charge in [-0.25, -0.2) is 4.98 Å². The minimum Gasteiger partial charge on any atom is -0.483 e. The Bertz CT molecular complexity index is 336. The molecule has 0 spiro atoms. The van der Waals surface area contributed by atoms with Gasteiger partial charge in [-0.1, -0.05) is 0 Å². The van der Waals surface area contributed by atoms with Gasteiger partial charge in [0.05, 0.1) is 0 Å². The highest BCUT2D eigenvalue weighted by atomic mass is 16.5. The minimum absolute atomic E-state index is 0.0444. The summed E-state index contributed by atoms with van der Waals surface area (Å²) in [5.74, 6) is 2.32. The van der Waals surface area contributed by atoms with E-state index in [0.717, 1.165) is 11.6 Å². The van der Waals surface area contributed by atoms with E-state index in [4.69, 9.17) is 10.5 Å². The van der Waals surface area contributed by atoms with E-state index in [-0.39, 0.29) is 5.54 Å². The van der Waals surface area contributed by atoms with Gasteiger partial charge < -0.3 is 10.5 Å². The fraction of sp³-hybridized carbons (Fsp3) is 0.444. The van der Waals surface area contributed by atoms with Gasteiger partial charge in [0, 0.05) is 6.07 Å². The van der Waals surface area contributed by atoms with Crippen molar-refractivity contribution < 1.29 is 9.72 Å². The molecular weight excluding hydrogens is 166 g/mol. The van der Waals surface area contributed by atoms with Crippen LogP contribution in [-0.4, -0.2) is 12.1 Å². The molecule has 0 saturated carbocycles. The lowest BCUT2D eigenvalue weighted by Crippen LogP contribution is -2.43. The van der Waals surface area contributed by atoms with Crippen LogP contribution in [0, 0.1) is 0 Å². The van der Waals surface area contributed by atoms with Crippen LogP contribution in [0.25, 0.3) is 0 Å². The van der Waals surface area contributed by atoms with Crippen molar-refractivity contribution in [2.24, 2.45) is 0 Å². The molecule has 0 aliphatic carbocycles. The molecule has 13 heavy (non-hydrogen) atoms. The van der Waals surface area contributed by atoms with Crippen LogP contribution >= 0.6 is 0 Å². The van der Waals surface area contributed by atoms with E-state index >= 15 is 0 Å². The van der Waals surface area contributed by atoms with Gasteiger partial charge in [0.1, 0.15) is 12.1 Å². The molecule has 0 radical (unpaired) electrons. The zero-order chi connectivity index (χ0) is 9.47. The zero-order valence-corrected chi connectivity index (χ0v) is 7.85. The van der Waals surface area contributed by atoms with Crippen LogP contribution in [0.3, 0.4) is 0 Å². The van der Waals surface area contributed by atoms with Crippen LogP contribution in [0.2, 0.25) is 0 Å². The van der Waals surface area contributed by atoms with Crippen molar-refractivity contribution in [1.82, 2.24) is 0 Å². The van der Waals surface area contributed by atoms with Gasteiger partial charge in [-0.05, 0) is 19.9 Å². The number of anilines is 2. The molecule has 1 aromatic rings. The molecular formula is C9H14N3O+. The molecule has 0 bridgehead atoms. The number of fused-ring (bicyclic) bond motifs is 1. The van der Waals surface area contributed by atoms with Crippen molar-refractivity contribution in [2.45, 2.75) is 19.4 Å². The Morgan fingerprint density at radius 1 is 1.54 bits per heavy atom. The van der Waals surface area contributed by atoms with E-state index in [1.807, 2.05) is 6.07 Å². The van der Waals surface area contributed by atoms with Crippen molar-refractivity contribution in [3.8, 4) is 5.75 Å². The van der Waals surface area contributed by atoms with E-state index in [9.17, 15) is 0 Å². The number of ether oxygens (including phenoxy) is 1. The first-order chi connectivity index (χ1) is 6.07. The quantitative estimate of drug-likeness (QED) is 0.616. The SMILES string of the molecule is CC1(C)COc2ccc(N)[nH+]c2N1. The number of rotatable bonds is 0. The molecule has 1 aromatic heterocycles. The molecule has 0 fully saturated rings. The molecule has 0 aromatic carbocycles. The number of aromatic nitrogens is 1. The Kier molecular flexibility index (Phi) is 1.58. The molecule has 2 heterocycles. The van der Waals surface area contributed by atoms with E-state index in [2.05, 4.69) is 24.1 Å². The third kappa shape index (κ3) is 1.52. The fourth-order valence-electron chi connectivity index (χ4n) is 1.34. The summed E-state index contributed by atoms with van der Waals surface area (Å²) in [5, 5.41) is 3.32. The lowest BCUT2D eigenvalue weighted by Gasteiger charge is -2.28. The van der Waals surface area contributed by atoms with Gasteiger partial charge in [0.15, 0.2) is 5.75 Å². The molecule has 0 saturated heterocycles. The molecule has 1 aliphatic heterocycles. The van der Waals surface area contributed by atoms with Crippen LogP contribution < -0.4 is 20.8 Å². The van der Waals surface area contributed by atoms with Gasteiger partial charge in [0.25, 0.3) is 5.82 Å². The van der Waals surface area contributed by atoms with Crippen LogP contribution in [0.1, 0.15) is 13.8 Å². The smallest absolute Gasteiger partial charge is 0.262 e. The van der Waals surface area contributed by atoms with E-state index < -0.39 is 0 Å². The maximum Gasteiger partial charge on any atom is 0.262 e.